The van der Waals surface area contributed by atoms with Crippen molar-refractivity contribution in [3.05, 3.63) is 53.9 Å². The predicted molar refractivity (Wildman–Crippen MR) is 118 cm³/mol. The average molecular weight is 482 g/mol. The number of halogens is 3. The van der Waals surface area contributed by atoms with Gasteiger partial charge in [-0.15, -0.1) is 0 Å². The van der Waals surface area contributed by atoms with Crippen LogP contribution in [-0.4, -0.2) is 46.9 Å². The lowest BCUT2D eigenvalue weighted by molar-refractivity contribution is -0.146. The molecule has 0 aliphatic heterocycles. The topological polar surface area (TPSA) is 98.7 Å². The summed E-state index contributed by atoms with van der Waals surface area (Å²) in [5.41, 5.74) is 5.59. The Bertz CT molecular complexity index is 889. The van der Waals surface area contributed by atoms with E-state index in [0.29, 0.717) is 12.2 Å². The van der Waals surface area contributed by atoms with Crippen molar-refractivity contribution in [3.63, 3.8) is 0 Å². The van der Waals surface area contributed by atoms with Gasteiger partial charge < -0.3 is 19.9 Å². The van der Waals surface area contributed by atoms with Gasteiger partial charge in [-0.05, 0) is 75.1 Å². The second-order valence-electron chi connectivity index (χ2n) is 8.82. The second-order valence-corrected chi connectivity index (χ2v) is 8.82. The number of aromatic nitrogens is 1. The number of carbonyl (C=O) groups is 2. The summed E-state index contributed by atoms with van der Waals surface area (Å²) in [6.45, 7) is 1.42. The Hall–Kier alpha value is -3.04. The van der Waals surface area contributed by atoms with Gasteiger partial charge in [0.15, 0.2) is 0 Å². The molecule has 2 aromatic rings. The molecule has 2 aliphatic carbocycles. The van der Waals surface area contributed by atoms with Gasteiger partial charge in [-0.3, -0.25) is 4.79 Å². The van der Waals surface area contributed by atoms with E-state index in [9.17, 15) is 22.8 Å². The van der Waals surface area contributed by atoms with Gasteiger partial charge in [0.05, 0.1) is 18.7 Å². The summed E-state index contributed by atoms with van der Waals surface area (Å²) < 4.78 is 47.9. The number of hydrogen-bond donors (Lipinski definition) is 1. The van der Waals surface area contributed by atoms with E-state index in [1.165, 1.54) is 30.5 Å². The van der Waals surface area contributed by atoms with Gasteiger partial charge in [0, 0.05) is 17.6 Å². The summed E-state index contributed by atoms with van der Waals surface area (Å²) >= 11 is 0. The van der Waals surface area contributed by atoms with Gasteiger partial charge in [-0.25, -0.2) is 4.79 Å². The third-order valence-electron chi connectivity index (χ3n) is 6.34. The summed E-state index contributed by atoms with van der Waals surface area (Å²) in [6.07, 6.45) is 3.26. The number of ether oxygens (including phenoxy) is 1. The summed E-state index contributed by atoms with van der Waals surface area (Å²) in [5.74, 6) is -1.43. The van der Waals surface area contributed by atoms with Crippen LogP contribution in [0, 0.1) is 5.92 Å². The highest BCUT2D eigenvalue weighted by atomic mass is 19.4. The molecule has 1 aromatic carbocycles. The van der Waals surface area contributed by atoms with Gasteiger partial charge >= 0.3 is 12.3 Å². The summed E-state index contributed by atoms with van der Waals surface area (Å²) in [7, 11) is 0. The fraction of sp³-hybridized carbons (Fsp3) is 0.542. The van der Waals surface area contributed by atoms with Gasteiger partial charge in [0.2, 0.25) is 0 Å². The van der Waals surface area contributed by atoms with Crippen molar-refractivity contribution >= 4 is 12.0 Å². The molecule has 1 heterocycles. The second kappa shape index (κ2) is 11.4. The third kappa shape index (κ3) is 7.23. The van der Waals surface area contributed by atoms with E-state index in [2.05, 4.69) is 9.68 Å². The molecule has 34 heavy (non-hydrogen) atoms. The molecule has 4 rings (SSSR count). The van der Waals surface area contributed by atoms with E-state index in [1.807, 2.05) is 4.90 Å². The number of benzene rings is 1. The van der Waals surface area contributed by atoms with Crippen LogP contribution in [0.2, 0.25) is 0 Å². The predicted octanol–water partition coefficient (Wildman–Crippen LogP) is 5.29. The molecule has 0 radical (unpaired) electrons. The van der Waals surface area contributed by atoms with Crippen molar-refractivity contribution in [1.82, 2.24) is 10.1 Å². The van der Waals surface area contributed by atoms with Crippen LogP contribution in [0.5, 0.6) is 0 Å². The largest absolute Gasteiger partial charge is 0.449 e. The molecule has 7 nitrogen and oxygen atoms in total. The van der Waals surface area contributed by atoms with Crippen molar-refractivity contribution in [1.29, 1.82) is 0 Å². The van der Waals surface area contributed by atoms with Gasteiger partial charge in [0.1, 0.15) is 6.26 Å². The maximum atomic E-state index is 13.1. The minimum absolute atomic E-state index is 0.105. The number of amides is 2. The lowest BCUT2D eigenvalue weighted by atomic mass is 9.85. The SMILES string of the molecule is C[C@H](c1ccc(C(=O)N(C2CCC(COC(N)=O)CC2)C2CC2)cc1)C(F)(F)F.c1cnoc1. The standard InChI is InChI=1S/C21H27F3N2O3.C3H3NO/c1-13(21(22,23)24)15-4-6-16(7-5-15)19(27)26(18-10-11-18)17-8-2-14(3-9-17)12-29-20(25)28;1-2-4-5-3-1/h4-7,13-14,17-18H,2-3,8-12H2,1H3,(H2,25,28);1-3H/t13-,14?,17?;/m1./s1. The molecule has 2 N–H and O–H groups in total. The van der Waals surface area contributed by atoms with E-state index in [4.69, 9.17) is 10.5 Å². The monoisotopic (exact) mass is 481 g/mol. The van der Waals surface area contributed by atoms with Gasteiger partial charge in [0.25, 0.3) is 5.91 Å². The molecule has 186 valence electrons. The molecule has 2 saturated carbocycles. The highest BCUT2D eigenvalue weighted by molar-refractivity contribution is 5.95. The Morgan fingerprint density at radius 3 is 2.12 bits per heavy atom. The van der Waals surface area contributed by atoms with Crippen LogP contribution in [0.25, 0.3) is 0 Å². The van der Waals surface area contributed by atoms with E-state index in [-0.39, 0.29) is 29.5 Å². The zero-order chi connectivity index (χ0) is 24.7. The number of alkyl halides is 3. The zero-order valence-electron chi connectivity index (χ0n) is 19.0. The summed E-state index contributed by atoms with van der Waals surface area (Å²) in [6, 6.07) is 7.83. The molecular weight excluding hydrogens is 451 g/mol. The fourth-order valence-corrected chi connectivity index (χ4v) is 4.20. The highest BCUT2D eigenvalue weighted by Crippen LogP contribution is 2.37. The smallest absolute Gasteiger partial charge is 0.404 e. The van der Waals surface area contributed by atoms with Gasteiger partial charge in [-0.1, -0.05) is 17.3 Å². The highest BCUT2D eigenvalue weighted by Gasteiger charge is 2.40. The first-order chi connectivity index (χ1) is 16.2. The van der Waals surface area contributed by atoms with Crippen LogP contribution in [0.15, 0.2) is 47.3 Å². The summed E-state index contributed by atoms with van der Waals surface area (Å²) in [5, 5.41) is 3.35. The van der Waals surface area contributed by atoms with Crippen molar-refractivity contribution < 1.29 is 32.0 Å². The molecule has 0 spiro atoms. The van der Waals surface area contributed by atoms with E-state index in [0.717, 1.165) is 45.4 Å². The van der Waals surface area contributed by atoms with Crippen molar-refractivity contribution in [3.8, 4) is 0 Å². The van der Waals surface area contributed by atoms with Crippen LogP contribution in [0.1, 0.15) is 67.3 Å². The average Bonchev–Trinajstić information content (AvgIpc) is 3.45. The van der Waals surface area contributed by atoms with Crippen molar-refractivity contribution in [2.45, 2.75) is 69.6 Å². The van der Waals surface area contributed by atoms with Crippen molar-refractivity contribution in [2.75, 3.05) is 6.61 Å². The molecule has 10 heteroatoms. The summed E-state index contributed by atoms with van der Waals surface area (Å²) in [4.78, 5) is 25.8. The van der Waals surface area contributed by atoms with E-state index >= 15 is 0 Å². The number of hydrogen-bond acceptors (Lipinski definition) is 5. The molecular formula is C24H30F3N3O4. The molecule has 0 bridgehead atoms. The van der Waals surface area contributed by atoms with Crippen LogP contribution in [-0.2, 0) is 4.74 Å². The zero-order valence-corrected chi connectivity index (χ0v) is 19.0. The lowest BCUT2D eigenvalue weighted by Crippen LogP contribution is -2.44. The fourth-order valence-electron chi connectivity index (χ4n) is 4.20. The molecule has 1 atom stereocenters. The van der Waals surface area contributed by atoms with E-state index in [1.54, 1.807) is 12.3 Å². The number of primary amides is 1. The van der Waals surface area contributed by atoms with Crippen LogP contribution in [0.4, 0.5) is 18.0 Å². The first-order valence-electron chi connectivity index (χ1n) is 11.4. The number of nitrogens with zero attached hydrogens (tertiary/aromatic N) is 2. The Morgan fingerprint density at radius 1 is 1.12 bits per heavy atom. The molecule has 1 aromatic heterocycles. The first-order valence-corrected chi connectivity index (χ1v) is 11.4. The minimum Gasteiger partial charge on any atom is -0.449 e. The third-order valence-corrected chi connectivity index (χ3v) is 6.34. The van der Waals surface area contributed by atoms with Crippen molar-refractivity contribution in [2.24, 2.45) is 11.7 Å². The molecule has 0 saturated heterocycles. The van der Waals surface area contributed by atoms with Crippen LogP contribution in [0.3, 0.4) is 0 Å². The number of carbonyl (C=O) groups excluding carboxylic acids is 2. The quantitative estimate of drug-likeness (QED) is 0.605. The lowest BCUT2D eigenvalue weighted by Gasteiger charge is -2.37. The Morgan fingerprint density at radius 2 is 1.71 bits per heavy atom. The Labute approximate surface area is 196 Å². The first kappa shape index (κ1) is 25.6. The maximum absolute atomic E-state index is 13.1. The Kier molecular flexibility index (Phi) is 8.57. The molecule has 2 aliphatic rings. The minimum atomic E-state index is -4.30. The Balaban J connectivity index is 0.000000574. The van der Waals surface area contributed by atoms with Gasteiger partial charge in [-0.2, -0.15) is 13.2 Å². The number of rotatable bonds is 6. The molecule has 2 amide bonds. The number of nitrogens with two attached hydrogens (primary N) is 1. The maximum Gasteiger partial charge on any atom is 0.404 e. The molecule has 0 unspecified atom stereocenters. The normalized spacial score (nSPS) is 21.1. The molecule has 2 fully saturated rings. The van der Waals surface area contributed by atoms with E-state index < -0.39 is 18.2 Å². The van der Waals surface area contributed by atoms with Crippen LogP contribution < -0.4 is 5.73 Å². The van der Waals surface area contributed by atoms with Crippen LogP contribution >= 0.6 is 0 Å².